The minimum Gasteiger partial charge on any atom is -0.338 e. The van der Waals surface area contributed by atoms with Gasteiger partial charge in [-0.05, 0) is 37.3 Å². The lowest BCUT2D eigenvalue weighted by Crippen LogP contribution is -2.36. The van der Waals surface area contributed by atoms with Gasteiger partial charge >= 0.3 is 0 Å². The van der Waals surface area contributed by atoms with Crippen LogP contribution < -0.4 is 10.6 Å². The van der Waals surface area contributed by atoms with Crippen LogP contribution in [0.4, 0.5) is 5.95 Å². The molecule has 0 aromatic carbocycles. The molecule has 0 bridgehead atoms. The smallest absolute Gasteiger partial charge is 0.266 e. The van der Waals surface area contributed by atoms with E-state index in [4.69, 9.17) is 10.3 Å². The SMILES string of the molecule is CCC(N)(CC)c1nc(N2CCCCC2)no1. The van der Waals surface area contributed by atoms with E-state index in [1.54, 1.807) is 0 Å². The van der Waals surface area contributed by atoms with Crippen LogP contribution in [0, 0.1) is 0 Å². The molecule has 0 atom stereocenters. The number of anilines is 1. The molecule has 5 nitrogen and oxygen atoms in total. The first-order chi connectivity index (χ1) is 8.19. The van der Waals surface area contributed by atoms with Gasteiger partial charge in [0, 0.05) is 13.1 Å². The minimum atomic E-state index is -0.471. The number of nitrogens with two attached hydrogens (primary N) is 1. The summed E-state index contributed by atoms with van der Waals surface area (Å²) in [6.45, 7) is 6.14. The summed E-state index contributed by atoms with van der Waals surface area (Å²) >= 11 is 0. The summed E-state index contributed by atoms with van der Waals surface area (Å²) < 4.78 is 5.34. The van der Waals surface area contributed by atoms with Crippen molar-refractivity contribution in [3.63, 3.8) is 0 Å². The molecule has 1 aromatic rings. The number of hydrogen-bond donors (Lipinski definition) is 1. The summed E-state index contributed by atoms with van der Waals surface area (Å²) in [6.07, 6.45) is 5.33. The molecule has 0 radical (unpaired) electrons. The molecule has 1 fully saturated rings. The quantitative estimate of drug-likeness (QED) is 0.869. The second kappa shape index (κ2) is 5.04. The van der Waals surface area contributed by atoms with Crippen LogP contribution in [0.2, 0.25) is 0 Å². The first-order valence-electron chi connectivity index (χ1n) is 6.57. The van der Waals surface area contributed by atoms with E-state index in [0.717, 1.165) is 25.9 Å². The van der Waals surface area contributed by atoms with Crippen molar-refractivity contribution in [1.82, 2.24) is 10.1 Å². The number of nitrogens with zero attached hydrogens (tertiary/aromatic N) is 3. The molecular formula is C12H22N4O. The number of piperidine rings is 1. The predicted molar refractivity (Wildman–Crippen MR) is 66.8 cm³/mol. The Balaban J connectivity index is 2.14. The Morgan fingerprint density at radius 3 is 2.47 bits per heavy atom. The van der Waals surface area contributed by atoms with E-state index in [2.05, 4.69) is 15.0 Å². The van der Waals surface area contributed by atoms with Crippen molar-refractivity contribution in [3.8, 4) is 0 Å². The van der Waals surface area contributed by atoms with Crippen molar-refractivity contribution >= 4 is 5.95 Å². The van der Waals surface area contributed by atoms with Gasteiger partial charge in [-0.3, -0.25) is 0 Å². The van der Waals surface area contributed by atoms with E-state index >= 15 is 0 Å². The molecule has 5 heteroatoms. The Hall–Kier alpha value is -1.10. The maximum absolute atomic E-state index is 6.25. The summed E-state index contributed by atoms with van der Waals surface area (Å²) in [5.41, 5.74) is 5.77. The third-order valence-electron chi connectivity index (χ3n) is 3.74. The second-order valence-corrected chi connectivity index (χ2v) is 4.81. The fraction of sp³-hybridized carbons (Fsp3) is 0.833. The lowest BCUT2D eigenvalue weighted by atomic mass is 9.94. The Morgan fingerprint density at radius 2 is 1.88 bits per heavy atom. The summed E-state index contributed by atoms with van der Waals surface area (Å²) in [5.74, 6) is 1.28. The maximum atomic E-state index is 6.25. The van der Waals surface area contributed by atoms with Crippen molar-refractivity contribution in [3.05, 3.63) is 5.89 Å². The molecule has 0 unspecified atom stereocenters. The highest BCUT2D eigenvalue weighted by Crippen LogP contribution is 2.26. The normalized spacial score (nSPS) is 17.5. The Morgan fingerprint density at radius 1 is 1.24 bits per heavy atom. The van der Waals surface area contributed by atoms with Gasteiger partial charge in [-0.2, -0.15) is 4.98 Å². The molecule has 0 aliphatic carbocycles. The van der Waals surface area contributed by atoms with Crippen molar-refractivity contribution in [1.29, 1.82) is 0 Å². The van der Waals surface area contributed by atoms with Crippen molar-refractivity contribution in [2.75, 3.05) is 18.0 Å². The van der Waals surface area contributed by atoms with Gasteiger partial charge in [-0.15, -0.1) is 0 Å². The highest BCUT2D eigenvalue weighted by Gasteiger charge is 2.30. The van der Waals surface area contributed by atoms with Crippen LogP contribution in [0.3, 0.4) is 0 Å². The molecule has 0 amide bonds. The molecule has 2 rings (SSSR count). The van der Waals surface area contributed by atoms with Gasteiger partial charge in [0.15, 0.2) is 0 Å². The van der Waals surface area contributed by atoms with Gasteiger partial charge < -0.3 is 15.2 Å². The van der Waals surface area contributed by atoms with Crippen LogP contribution in [-0.4, -0.2) is 23.2 Å². The lowest BCUT2D eigenvalue weighted by Gasteiger charge is -2.25. The van der Waals surface area contributed by atoms with Gasteiger partial charge in [-0.25, -0.2) is 0 Å². The van der Waals surface area contributed by atoms with Gasteiger partial charge in [0.1, 0.15) is 0 Å². The zero-order valence-corrected chi connectivity index (χ0v) is 10.8. The molecule has 1 aromatic heterocycles. The van der Waals surface area contributed by atoms with E-state index in [1.165, 1.54) is 19.3 Å². The van der Waals surface area contributed by atoms with Crippen molar-refractivity contribution < 1.29 is 4.52 Å². The average molecular weight is 238 g/mol. The Labute approximate surface area is 102 Å². The topological polar surface area (TPSA) is 68.2 Å². The minimum absolute atomic E-state index is 0.471. The van der Waals surface area contributed by atoms with Crippen LogP contribution in [0.1, 0.15) is 51.8 Å². The first-order valence-corrected chi connectivity index (χ1v) is 6.57. The standard InChI is InChI=1S/C12H22N4O/c1-3-12(13,4-2)10-14-11(15-17-10)16-8-6-5-7-9-16/h3-9,13H2,1-2H3. The zero-order chi connectivity index (χ0) is 12.3. The van der Waals surface area contributed by atoms with E-state index in [1.807, 2.05) is 13.8 Å². The fourth-order valence-electron chi connectivity index (χ4n) is 2.19. The largest absolute Gasteiger partial charge is 0.338 e. The number of rotatable bonds is 4. The van der Waals surface area contributed by atoms with Crippen LogP contribution in [-0.2, 0) is 5.54 Å². The molecule has 1 aliphatic heterocycles. The van der Waals surface area contributed by atoms with E-state index < -0.39 is 5.54 Å². The molecule has 0 spiro atoms. The molecule has 96 valence electrons. The highest BCUT2D eigenvalue weighted by molar-refractivity contribution is 5.29. The van der Waals surface area contributed by atoms with Gasteiger partial charge in [0.2, 0.25) is 5.89 Å². The van der Waals surface area contributed by atoms with E-state index in [0.29, 0.717) is 11.8 Å². The van der Waals surface area contributed by atoms with Crippen LogP contribution in [0.15, 0.2) is 4.52 Å². The fourth-order valence-corrected chi connectivity index (χ4v) is 2.19. The van der Waals surface area contributed by atoms with Crippen LogP contribution in [0.5, 0.6) is 0 Å². The molecule has 17 heavy (non-hydrogen) atoms. The summed E-state index contributed by atoms with van der Waals surface area (Å²) in [6, 6.07) is 0. The molecule has 0 saturated carbocycles. The molecular weight excluding hydrogens is 216 g/mol. The zero-order valence-electron chi connectivity index (χ0n) is 10.8. The Bertz CT molecular complexity index is 353. The third kappa shape index (κ3) is 2.44. The second-order valence-electron chi connectivity index (χ2n) is 4.81. The summed E-state index contributed by atoms with van der Waals surface area (Å²) in [4.78, 5) is 6.65. The molecule has 2 N–H and O–H groups in total. The molecule has 1 saturated heterocycles. The maximum Gasteiger partial charge on any atom is 0.266 e. The molecule has 1 aliphatic rings. The van der Waals surface area contributed by atoms with Crippen LogP contribution in [0.25, 0.3) is 0 Å². The van der Waals surface area contributed by atoms with Crippen molar-refractivity contribution in [2.24, 2.45) is 5.73 Å². The number of hydrogen-bond acceptors (Lipinski definition) is 5. The monoisotopic (exact) mass is 238 g/mol. The van der Waals surface area contributed by atoms with Gasteiger partial charge in [0.05, 0.1) is 5.54 Å². The van der Waals surface area contributed by atoms with Gasteiger partial charge in [-0.1, -0.05) is 13.8 Å². The lowest BCUT2D eigenvalue weighted by molar-refractivity contribution is 0.267. The third-order valence-corrected chi connectivity index (χ3v) is 3.74. The number of aromatic nitrogens is 2. The summed E-state index contributed by atoms with van der Waals surface area (Å²) in [7, 11) is 0. The van der Waals surface area contributed by atoms with E-state index in [-0.39, 0.29) is 0 Å². The first kappa shape index (κ1) is 12.4. The van der Waals surface area contributed by atoms with E-state index in [9.17, 15) is 0 Å². The molecule has 2 heterocycles. The van der Waals surface area contributed by atoms with Crippen LogP contribution >= 0.6 is 0 Å². The highest BCUT2D eigenvalue weighted by atomic mass is 16.5. The Kier molecular flexibility index (Phi) is 3.66. The predicted octanol–water partition coefficient (Wildman–Crippen LogP) is 2.03. The van der Waals surface area contributed by atoms with Gasteiger partial charge in [0.25, 0.3) is 5.95 Å². The van der Waals surface area contributed by atoms with Crippen molar-refractivity contribution in [2.45, 2.75) is 51.5 Å². The summed E-state index contributed by atoms with van der Waals surface area (Å²) in [5, 5.41) is 4.06. The average Bonchev–Trinajstić information content (AvgIpc) is 2.89.